The Morgan fingerprint density at radius 3 is 2.68 bits per heavy atom. The maximum atomic E-state index is 13.0. The number of hydrogen-bond donors (Lipinski definition) is 0. The van der Waals surface area contributed by atoms with E-state index in [4.69, 9.17) is 0 Å². The summed E-state index contributed by atoms with van der Waals surface area (Å²) >= 11 is 1.09. The molecule has 2 aliphatic rings. The summed E-state index contributed by atoms with van der Waals surface area (Å²) in [6.07, 6.45) is 2.55. The minimum atomic E-state index is -0.825. The van der Waals surface area contributed by atoms with Crippen LogP contribution in [-0.4, -0.2) is 28.7 Å². The van der Waals surface area contributed by atoms with Gasteiger partial charge in [0.25, 0.3) is 0 Å². The largest absolute Gasteiger partial charge is 0.313 e. The SMILES string of the molecule is CCCCC12SC(=O)N=C1c1c(C)cc(C)cc1N(C)C2=O. The lowest BCUT2D eigenvalue weighted by Crippen LogP contribution is -2.54. The molecule has 0 aromatic heterocycles. The molecule has 0 aliphatic carbocycles. The van der Waals surface area contributed by atoms with Gasteiger partial charge in [-0.1, -0.05) is 25.8 Å². The molecule has 116 valence electrons. The van der Waals surface area contributed by atoms with Gasteiger partial charge in [-0.2, -0.15) is 0 Å². The number of aliphatic imine (C=N–C) groups is 1. The van der Waals surface area contributed by atoms with Gasteiger partial charge in [0.2, 0.25) is 5.91 Å². The number of unbranched alkanes of at least 4 members (excludes halogenated alkanes) is 1. The highest BCUT2D eigenvalue weighted by molar-refractivity contribution is 8.16. The van der Waals surface area contributed by atoms with E-state index < -0.39 is 4.75 Å². The summed E-state index contributed by atoms with van der Waals surface area (Å²) in [6, 6.07) is 4.09. The average Bonchev–Trinajstić information content (AvgIpc) is 2.79. The average molecular weight is 316 g/mol. The number of hydrogen-bond acceptors (Lipinski definition) is 3. The summed E-state index contributed by atoms with van der Waals surface area (Å²) in [5.41, 5.74) is 4.68. The highest BCUT2D eigenvalue weighted by Gasteiger charge is 2.55. The summed E-state index contributed by atoms with van der Waals surface area (Å²) in [5.74, 6) is -0.0203. The third kappa shape index (κ3) is 2.02. The van der Waals surface area contributed by atoms with E-state index in [1.165, 1.54) is 0 Å². The van der Waals surface area contributed by atoms with Gasteiger partial charge in [0.1, 0.15) is 4.75 Å². The van der Waals surface area contributed by atoms with E-state index in [2.05, 4.69) is 18.0 Å². The molecule has 1 aromatic carbocycles. The van der Waals surface area contributed by atoms with Gasteiger partial charge in [0.05, 0.1) is 11.4 Å². The number of benzene rings is 1. The molecule has 3 rings (SSSR count). The number of carbonyl (C=O) groups is 2. The minimum absolute atomic E-state index is 0.0203. The molecule has 0 spiro atoms. The Labute approximate surface area is 135 Å². The summed E-state index contributed by atoms with van der Waals surface area (Å²) in [5, 5.41) is -0.249. The molecule has 1 aromatic rings. The third-order valence-electron chi connectivity index (χ3n) is 4.44. The van der Waals surface area contributed by atoms with E-state index in [1.807, 2.05) is 19.9 Å². The quantitative estimate of drug-likeness (QED) is 0.850. The first-order valence-electron chi connectivity index (χ1n) is 7.62. The highest BCUT2D eigenvalue weighted by atomic mass is 32.2. The zero-order valence-electron chi connectivity index (χ0n) is 13.4. The fraction of sp³-hybridized carbons (Fsp3) is 0.471. The van der Waals surface area contributed by atoms with Crippen molar-refractivity contribution in [3.05, 3.63) is 28.8 Å². The molecule has 0 saturated carbocycles. The monoisotopic (exact) mass is 316 g/mol. The second kappa shape index (κ2) is 5.23. The molecule has 22 heavy (non-hydrogen) atoms. The molecule has 0 radical (unpaired) electrons. The number of anilines is 1. The first-order valence-corrected chi connectivity index (χ1v) is 8.44. The first kappa shape index (κ1) is 15.3. The van der Waals surface area contributed by atoms with Crippen molar-refractivity contribution in [1.82, 2.24) is 0 Å². The lowest BCUT2D eigenvalue weighted by molar-refractivity contribution is -0.119. The van der Waals surface area contributed by atoms with Gasteiger partial charge < -0.3 is 4.90 Å². The molecular weight excluding hydrogens is 296 g/mol. The van der Waals surface area contributed by atoms with Crippen LogP contribution in [0.15, 0.2) is 17.1 Å². The predicted molar refractivity (Wildman–Crippen MR) is 91.1 cm³/mol. The van der Waals surface area contributed by atoms with E-state index >= 15 is 0 Å². The fourth-order valence-electron chi connectivity index (χ4n) is 3.40. The number of nitrogens with zero attached hydrogens (tertiary/aromatic N) is 2. The van der Waals surface area contributed by atoms with Crippen molar-refractivity contribution in [1.29, 1.82) is 0 Å². The van der Waals surface area contributed by atoms with Crippen LogP contribution in [0, 0.1) is 13.8 Å². The minimum Gasteiger partial charge on any atom is -0.313 e. The van der Waals surface area contributed by atoms with Crippen LogP contribution in [0.25, 0.3) is 0 Å². The summed E-state index contributed by atoms with van der Waals surface area (Å²) in [7, 11) is 1.80. The molecule has 1 unspecified atom stereocenters. The molecule has 2 aliphatic heterocycles. The van der Waals surface area contributed by atoms with Gasteiger partial charge in [-0.15, -0.1) is 0 Å². The van der Waals surface area contributed by atoms with Crippen molar-refractivity contribution >= 4 is 34.3 Å². The second-order valence-corrected chi connectivity index (χ2v) is 7.35. The summed E-state index contributed by atoms with van der Waals surface area (Å²) < 4.78 is -0.825. The van der Waals surface area contributed by atoms with E-state index in [0.717, 1.165) is 47.0 Å². The normalized spacial score (nSPS) is 23.5. The van der Waals surface area contributed by atoms with E-state index in [9.17, 15) is 9.59 Å². The van der Waals surface area contributed by atoms with Crippen LogP contribution in [0.3, 0.4) is 0 Å². The van der Waals surface area contributed by atoms with Gasteiger partial charge in [-0.05, 0) is 49.2 Å². The number of fused-ring (bicyclic) bond motifs is 3. The Morgan fingerprint density at radius 2 is 2.00 bits per heavy atom. The fourth-order valence-corrected chi connectivity index (χ4v) is 4.55. The van der Waals surface area contributed by atoms with Gasteiger partial charge in [0, 0.05) is 12.6 Å². The zero-order chi connectivity index (χ0) is 16.1. The van der Waals surface area contributed by atoms with Crippen LogP contribution in [0.2, 0.25) is 0 Å². The Kier molecular flexibility index (Phi) is 3.63. The van der Waals surface area contributed by atoms with Crippen molar-refractivity contribution in [2.75, 3.05) is 11.9 Å². The Hall–Kier alpha value is -1.62. The van der Waals surface area contributed by atoms with E-state index in [-0.39, 0.29) is 11.1 Å². The molecule has 0 saturated heterocycles. The molecule has 0 bridgehead atoms. The third-order valence-corrected chi connectivity index (χ3v) is 5.62. The lowest BCUT2D eigenvalue weighted by atomic mass is 9.82. The van der Waals surface area contributed by atoms with Gasteiger partial charge in [0.15, 0.2) is 0 Å². The number of rotatable bonds is 3. The lowest BCUT2D eigenvalue weighted by Gasteiger charge is -2.39. The van der Waals surface area contributed by atoms with Gasteiger partial charge in [-0.25, -0.2) is 4.99 Å². The van der Waals surface area contributed by atoms with Crippen molar-refractivity contribution in [2.24, 2.45) is 4.99 Å². The van der Waals surface area contributed by atoms with E-state index in [0.29, 0.717) is 12.1 Å². The number of carbonyl (C=O) groups excluding carboxylic acids is 2. The smallest absolute Gasteiger partial charge is 0.306 e. The Morgan fingerprint density at radius 1 is 1.27 bits per heavy atom. The maximum Gasteiger partial charge on any atom is 0.306 e. The molecule has 0 fully saturated rings. The van der Waals surface area contributed by atoms with Gasteiger partial charge >= 0.3 is 5.24 Å². The molecule has 5 heteroatoms. The van der Waals surface area contributed by atoms with E-state index in [1.54, 1.807) is 11.9 Å². The number of thioether (sulfide) groups is 1. The van der Waals surface area contributed by atoms with Crippen LogP contribution in [0.1, 0.15) is 42.9 Å². The van der Waals surface area contributed by atoms with Crippen molar-refractivity contribution < 1.29 is 9.59 Å². The standard InChI is InChI=1S/C17H20N2O2S/c1-5-6-7-17-14(18-16(21)22-17)13-11(3)8-10(2)9-12(13)19(4)15(17)20/h8-9H,5-7H2,1-4H3. The van der Waals surface area contributed by atoms with Crippen LogP contribution in [-0.2, 0) is 4.79 Å². The summed E-state index contributed by atoms with van der Waals surface area (Å²) in [4.78, 5) is 31.0. The molecule has 2 heterocycles. The zero-order valence-corrected chi connectivity index (χ0v) is 14.2. The molecule has 4 nitrogen and oxygen atoms in total. The first-order chi connectivity index (χ1) is 10.4. The number of amides is 2. The van der Waals surface area contributed by atoms with Gasteiger partial charge in [-0.3, -0.25) is 9.59 Å². The van der Waals surface area contributed by atoms with Crippen molar-refractivity contribution in [2.45, 2.75) is 44.8 Å². The highest BCUT2D eigenvalue weighted by Crippen LogP contribution is 2.48. The maximum absolute atomic E-state index is 13.0. The molecule has 1 atom stereocenters. The van der Waals surface area contributed by atoms with Crippen molar-refractivity contribution in [3.8, 4) is 0 Å². The topological polar surface area (TPSA) is 49.7 Å². The molecular formula is C17H20N2O2S. The second-order valence-electron chi connectivity index (χ2n) is 6.10. The van der Waals surface area contributed by atoms with Crippen molar-refractivity contribution in [3.63, 3.8) is 0 Å². The Bertz CT molecular complexity index is 711. The molecule has 0 N–H and O–H groups in total. The summed E-state index contributed by atoms with van der Waals surface area (Å²) in [6.45, 7) is 6.13. The van der Waals surface area contributed by atoms with Crippen LogP contribution < -0.4 is 4.90 Å². The predicted octanol–water partition coefficient (Wildman–Crippen LogP) is 3.86. The van der Waals surface area contributed by atoms with Crippen LogP contribution in [0.4, 0.5) is 10.5 Å². The van der Waals surface area contributed by atoms with Crippen LogP contribution in [0.5, 0.6) is 0 Å². The van der Waals surface area contributed by atoms with Crippen LogP contribution >= 0.6 is 11.8 Å². The molecule has 2 amide bonds. The number of aryl methyl sites for hydroxylation is 2. The Balaban J connectivity index is 2.25.